The van der Waals surface area contributed by atoms with E-state index in [1.807, 2.05) is 17.8 Å². The summed E-state index contributed by atoms with van der Waals surface area (Å²) in [5.41, 5.74) is 6.20. The molecule has 3 rings (SSSR count). The smallest absolute Gasteiger partial charge is 0.171 e. The van der Waals surface area contributed by atoms with Gasteiger partial charge in [-0.25, -0.2) is 0 Å². The molecule has 0 fully saturated rings. The Morgan fingerprint density at radius 3 is 2.31 bits per heavy atom. The van der Waals surface area contributed by atoms with Gasteiger partial charge in [0.1, 0.15) is 0 Å². The van der Waals surface area contributed by atoms with Crippen LogP contribution in [0.25, 0.3) is 0 Å². The van der Waals surface area contributed by atoms with E-state index < -0.39 is 0 Å². The Morgan fingerprint density at radius 1 is 0.931 bits per heavy atom. The van der Waals surface area contributed by atoms with Gasteiger partial charge < -0.3 is 10.6 Å². The number of thioether (sulfide) groups is 1. The van der Waals surface area contributed by atoms with E-state index >= 15 is 0 Å². The summed E-state index contributed by atoms with van der Waals surface area (Å²) in [6, 6.07) is 25.8. The lowest BCUT2D eigenvalue weighted by molar-refractivity contribution is 0.628. The maximum absolute atomic E-state index is 5.56. The average molecular weight is 421 g/mol. The highest BCUT2D eigenvalue weighted by molar-refractivity contribution is 7.98. The molecule has 0 unspecified atom stereocenters. The third kappa shape index (κ3) is 6.34. The summed E-state index contributed by atoms with van der Waals surface area (Å²) in [5, 5.41) is 7.43. The number of anilines is 1. The van der Waals surface area contributed by atoms with Crippen molar-refractivity contribution in [1.29, 1.82) is 0 Å². The molecule has 150 valence electrons. The summed E-state index contributed by atoms with van der Waals surface area (Å²) in [6.45, 7) is 6.47. The molecule has 0 heterocycles. The normalized spacial score (nSPS) is 11.7. The third-order valence-electron chi connectivity index (χ3n) is 5.01. The predicted molar refractivity (Wildman–Crippen MR) is 131 cm³/mol. The van der Waals surface area contributed by atoms with Gasteiger partial charge in [-0.1, -0.05) is 55.5 Å². The Hall–Kier alpha value is -2.30. The van der Waals surface area contributed by atoms with E-state index in [-0.39, 0.29) is 6.04 Å². The van der Waals surface area contributed by atoms with E-state index in [9.17, 15) is 0 Å². The maximum atomic E-state index is 5.56. The number of hydrogen-bond acceptors (Lipinski definition) is 2. The standard InChI is InChI=1S/C25H28N2S2/c1-4-24(21-13-10-18(2)19(3)16-21)27-25(28)26-22-14-11-20(12-15-22)17-29-23-8-6-5-7-9-23/h5-16,24H,4,17H2,1-3H3,(H2,26,27,28)/t24-/m1/s1. The first-order valence-corrected chi connectivity index (χ1v) is 11.4. The summed E-state index contributed by atoms with van der Waals surface area (Å²) in [5.74, 6) is 0.956. The number of rotatable bonds is 7. The van der Waals surface area contributed by atoms with Gasteiger partial charge in [-0.3, -0.25) is 0 Å². The van der Waals surface area contributed by atoms with Crippen molar-refractivity contribution in [2.75, 3.05) is 5.32 Å². The second-order valence-corrected chi connectivity index (χ2v) is 8.66. The minimum Gasteiger partial charge on any atom is -0.356 e. The number of aryl methyl sites for hydroxylation is 2. The Morgan fingerprint density at radius 2 is 1.66 bits per heavy atom. The van der Waals surface area contributed by atoms with Gasteiger partial charge in [0.25, 0.3) is 0 Å². The number of hydrogen-bond donors (Lipinski definition) is 2. The van der Waals surface area contributed by atoms with E-state index in [0.29, 0.717) is 5.11 Å². The molecule has 0 radical (unpaired) electrons. The van der Waals surface area contributed by atoms with Crippen LogP contribution in [-0.4, -0.2) is 5.11 Å². The highest BCUT2D eigenvalue weighted by Crippen LogP contribution is 2.23. The Labute approximate surface area is 184 Å². The number of thiocarbonyl (C=S) groups is 1. The molecule has 0 bridgehead atoms. The van der Waals surface area contributed by atoms with Crippen molar-refractivity contribution in [1.82, 2.24) is 5.32 Å². The first-order valence-electron chi connectivity index (χ1n) is 9.96. The lowest BCUT2D eigenvalue weighted by Crippen LogP contribution is -2.32. The first kappa shape index (κ1) is 21.4. The van der Waals surface area contributed by atoms with Gasteiger partial charge >= 0.3 is 0 Å². The number of nitrogens with one attached hydrogen (secondary N) is 2. The summed E-state index contributed by atoms with van der Waals surface area (Å²) >= 11 is 7.40. The summed E-state index contributed by atoms with van der Waals surface area (Å²) < 4.78 is 0. The van der Waals surface area contributed by atoms with Gasteiger partial charge in [-0.05, 0) is 79.0 Å². The van der Waals surface area contributed by atoms with Gasteiger partial charge in [0.15, 0.2) is 5.11 Å². The van der Waals surface area contributed by atoms with E-state index in [4.69, 9.17) is 12.2 Å². The first-order chi connectivity index (χ1) is 14.0. The van der Waals surface area contributed by atoms with Gasteiger partial charge in [-0.15, -0.1) is 11.8 Å². The van der Waals surface area contributed by atoms with E-state index in [1.54, 1.807) is 0 Å². The lowest BCUT2D eigenvalue weighted by Gasteiger charge is -2.21. The van der Waals surface area contributed by atoms with Crippen LogP contribution in [0.2, 0.25) is 0 Å². The van der Waals surface area contributed by atoms with E-state index in [2.05, 4.69) is 98.1 Å². The van der Waals surface area contributed by atoms with Crippen LogP contribution in [0.15, 0.2) is 77.7 Å². The fourth-order valence-electron chi connectivity index (χ4n) is 3.10. The predicted octanol–water partition coefficient (Wildman–Crippen LogP) is 7.03. The van der Waals surface area contributed by atoms with Crippen molar-refractivity contribution in [3.8, 4) is 0 Å². The quantitative estimate of drug-likeness (QED) is 0.316. The SMILES string of the molecule is CC[C@@H](NC(=S)Nc1ccc(CSc2ccccc2)cc1)c1ccc(C)c(C)c1. The molecule has 3 aromatic carbocycles. The summed E-state index contributed by atoms with van der Waals surface area (Å²) in [6.07, 6.45) is 0.972. The lowest BCUT2D eigenvalue weighted by atomic mass is 9.99. The molecule has 0 amide bonds. The molecule has 0 aromatic heterocycles. The second kappa shape index (κ2) is 10.5. The molecule has 3 aromatic rings. The maximum Gasteiger partial charge on any atom is 0.171 e. The van der Waals surface area contributed by atoms with Gasteiger partial charge in [0, 0.05) is 16.3 Å². The van der Waals surface area contributed by atoms with Gasteiger partial charge in [0.05, 0.1) is 6.04 Å². The van der Waals surface area contributed by atoms with Crippen molar-refractivity contribution in [2.24, 2.45) is 0 Å². The minimum atomic E-state index is 0.204. The Balaban J connectivity index is 1.54. The molecular weight excluding hydrogens is 392 g/mol. The van der Waals surface area contributed by atoms with Crippen molar-refractivity contribution in [3.05, 3.63) is 95.1 Å². The molecule has 29 heavy (non-hydrogen) atoms. The Bertz CT molecular complexity index is 937. The van der Waals surface area contributed by atoms with Crippen LogP contribution in [0, 0.1) is 13.8 Å². The van der Waals surface area contributed by atoms with Crippen LogP contribution in [0.4, 0.5) is 5.69 Å². The van der Waals surface area contributed by atoms with Crippen LogP contribution >= 0.6 is 24.0 Å². The molecule has 0 aliphatic rings. The monoisotopic (exact) mass is 420 g/mol. The largest absolute Gasteiger partial charge is 0.356 e. The molecule has 0 saturated heterocycles. The third-order valence-corrected chi connectivity index (χ3v) is 6.31. The molecule has 2 nitrogen and oxygen atoms in total. The zero-order valence-corrected chi connectivity index (χ0v) is 18.9. The van der Waals surface area contributed by atoms with Crippen LogP contribution in [0.1, 0.15) is 41.6 Å². The highest BCUT2D eigenvalue weighted by atomic mass is 32.2. The molecular formula is C25H28N2S2. The van der Waals surface area contributed by atoms with E-state index in [0.717, 1.165) is 17.9 Å². The van der Waals surface area contributed by atoms with Crippen LogP contribution in [0.3, 0.4) is 0 Å². The van der Waals surface area contributed by atoms with Gasteiger partial charge in [0.2, 0.25) is 0 Å². The molecule has 0 aliphatic heterocycles. The molecule has 4 heteroatoms. The van der Waals surface area contributed by atoms with Crippen molar-refractivity contribution < 1.29 is 0 Å². The Kier molecular flexibility index (Phi) is 7.73. The van der Waals surface area contributed by atoms with Crippen LogP contribution < -0.4 is 10.6 Å². The van der Waals surface area contributed by atoms with Gasteiger partial charge in [-0.2, -0.15) is 0 Å². The molecule has 0 aliphatic carbocycles. The zero-order chi connectivity index (χ0) is 20.6. The van der Waals surface area contributed by atoms with Crippen molar-refractivity contribution in [2.45, 2.75) is 43.9 Å². The molecule has 1 atom stereocenters. The number of benzene rings is 3. The zero-order valence-electron chi connectivity index (χ0n) is 17.2. The van der Waals surface area contributed by atoms with E-state index in [1.165, 1.54) is 27.1 Å². The molecule has 2 N–H and O–H groups in total. The van der Waals surface area contributed by atoms with Crippen molar-refractivity contribution in [3.63, 3.8) is 0 Å². The van der Waals surface area contributed by atoms with Crippen LogP contribution in [0.5, 0.6) is 0 Å². The minimum absolute atomic E-state index is 0.204. The topological polar surface area (TPSA) is 24.1 Å². The fourth-order valence-corrected chi connectivity index (χ4v) is 4.23. The average Bonchev–Trinajstić information content (AvgIpc) is 2.74. The summed E-state index contributed by atoms with van der Waals surface area (Å²) in [4.78, 5) is 1.29. The highest BCUT2D eigenvalue weighted by Gasteiger charge is 2.11. The summed E-state index contributed by atoms with van der Waals surface area (Å²) in [7, 11) is 0. The second-order valence-electron chi connectivity index (χ2n) is 7.20. The molecule has 0 spiro atoms. The van der Waals surface area contributed by atoms with Crippen LogP contribution in [-0.2, 0) is 5.75 Å². The molecule has 0 saturated carbocycles. The fraction of sp³-hybridized carbons (Fsp3) is 0.240. The van der Waals surface area contributed by atoms with Crippen molar-refractivity contribution >= 4 is 34.8 Å².